The van der Waals surface area contributed by atoms with E-state index in [1.54, 1.807) is 0 Å². The van der Waals surface area contributed by atoms with Gasteiger partial charge >= 0.3 is 6.18 Å². The maximum absolute atomic E-state index is 12.9. The largest absolute Gasteiger partial charge is 0.416 e. The highest BCUT2D eigenvalue weighted by Crippen LogP contribution is 2.38. The number of hydrogen-bond acceptors (Lipinski definition) is 2. The molecule has 0 bridgehead atoms. The van der Waals surface area contributed by atoms with E-state index >= 15 is 0 Å². The average Bonchev–Trinajstić information content (AvgIpc) is 3.30. The van der Waals surface area contributed by atoms with Gasteiger partial charge in [-0.3, -0.25) is 0 Å². The van der Waals surface area contributed by atoms with Crippen molar-refractivity contribution in [2.45, 2.75) is 43.3 Å². The Labute approximate surface area is 122 Å². The predicted octanol–water partition coefficient (Wildman–Crippen LogP) is 3.51. The van der Waals surface area contributed by atoms with Crippen molar-refractivity contribution in [1.82, 2.24) is 5.32 Å². The molecule has 2 fully saturated rings. The zero-order valence-electron chi connectivity index (χ0n) is 11.9. The van der Waals surface area contributed by atoms with E-state index in [9.17, 15) is 13.2 Å². The molecular formula is C16H20F3NO. The van der Waals surface area contributed by atoms with Gasteiger partial charge in [0.25, 0.3) is 0 Å². The molecule has 116 valence electrons. The average molecular weight is 299 g/mol. The molecule has 1 aromatic rings. The molecule has 0 atom stereocenters. The second-order valence-corrected chi connectivity index (χ2v) is 6.13. The Morgan fingerprint density at radius 2 is 1.90 bits per heavy atom. The van der Waals surface area contributed by atoms with Crippen molar-refractivity contribution < 1.29 is 17.9 Å². The first-order chi connectivity index (χ1) is 10.00. The van der Waals surface area contributed by atoms with Crippen LogP contribution in [0, 0.1) is 0 Å². The SMILES string of the molecule is FC(F)(F)c1cccc(C2(CNC3CC3)CCOCC2)c1. The highest BCUT2D eigenvalue weighted by Gasteiger charge is 2.38. The lowest BCUT2D eigenvalue weighted by molar-refractivity contribution is -0.137. The van der Waals surface area contributed by atoms with Crippen LogP contribution in [-0.2, 0) is 16.3 Å². The van der Waals surface area contributed by atoms with Crippen LogP contribution in [0.4, 0.5) is 13.2 Å². The van der Waals surface area contributed by atoms with Gasteiger partial charge in [0.2, 0.25) is 0 Å². The molecule has 21 heavy (non-hydrogen) atoms. The Hall–Kier alpha value is -1.07. The lowest BCUT2D eigenvalue weighted by Gasteiger charge is -2.38. The van der Waals surface area contributed by atoms with Crippen LogP contribution in [-0.4, -0.2) is 25.8 Å². The van der Waals surface area contributed by atoms with Crippen LogP contribution >= 0.6 is 0 Å². The fourth-order valence-corrected chi connectivity index (χ4v) is 2.98. The molecule has 0 radical (unpaired) electrons. The van der Waals surface area contributed by atoms with Crippen molar-refractivity contribution in [3.63, 3.8) is 0 Å². The van der Waals surface area contributed by atoms with Crippen LogP contribution in [0.2, 0.25) is 0 Å². The summed E-state index contributed by atoms with van der Waals surface area (Å²) in [4.78, 5) is 0. The van der Waals surface area contributed by atoms with E-state index in [1.165, 1.54) is 25.0 Å². The summed E-state index contributed by atoms with van der Waals surface area (Å²) in [6.45, 7) is 1.97. The number of hydrogen-bond donors (Lipinski definition) is 1. The molecule has 1 saturated heterocycles. The number of ether oxygens (including phenoxy) is 1. The maximum atomic E-state index is 12.9. The summed E-state index contributed by atoms with van der Waals surface area (Å²) in [7, 11) is 0. The molecule has 2 nitrogen and oxygen atoms in total. The molecule has 1 aliphatic carbocycles. The molecule has 1 heterocycles. The van der Waals surface area contributed by atoms with Gasteiger partial charge in [-0.2, -0.15) is 13.2 Å². The van der Waals surface area contributed by atoms with Gasteiger partial charge in [-0.15, -0.1) is 0 Å². The molecule has 5 heteroatoms. The van der Waals surface area contributed by atoms with Crippen molar-refractivity contribution in [1.29, 1.82) is 0 Å². The van der Waals surface area contributed by atoms with Crippen LogP contribution in [0.25, 0.3) is 0 Å². The Morgan fingerprint density at radius 3 is 2.52 bits per heavy atom. The highest BCUT2D eigenvalue weighted by atomic mass is 19.4. The minimum Gasteiger partial charge on any atom is -0.381 e. The van der Waals surface area contributed by atoms with Crippen molar-refractivity contribution in [3.05, 3.63) is 35.4 Å². The Balaban J connectivity index is 1.87. The highest BCUT2D eigenvalue weighted by molar-refractivity contribution is 5.33. The predicted molar refractivity (Wildman–Crippen MR) is 74.2 cm³/mol. The minimum atomic E-state index is -4.29. The summed E-state index contributed by atoms with van der Waals surface area (Å²) >= 11 is 0. The third kappa shape index (κ3) is 3.40. The third-order valence-corrected chi connectivity index (χ3v) is 4.56. The molecule has 1 saturated carbocycles. The number of nitrogens with one attached hydrogen (secondary N) is 1. The molecule has 0 unspecified atom stereocenters. The first-order valence-electron chi connectivity index (χ1n) is 7.49. The molecule has 1 N–H and O–H groups in total. The Kier molecular flexibility index (Phi) is 3.97. The van der Waals surface area contributed by atoms with Crippen molar-refractivity contribution in [3.8, 4) is 0 Å². The van der Waals surface area contributed by atoms with Gasteiger partial charge in [0.15, 0.2) is 0 Å². The second kappa shape index (κ2) is 5.61. The van der Waals surface area contributed by atoms with E-state index in [-0.39, 0.29) is 5.41 Å². The molecule has 0 aromatic heterocycles. The monoisotopic (exact) mass is 299 g/mol. The van der Waals surface area contributed by atoms with Crippen LogP contribution in [0.1, 0.15) is 36.8 Å². The smallest absolute Gasteiger partial charge is 0.381 e. The van der Waals surface area contributed by atoms with Crippen LogP contribution in [0.5, 0.6) is 0 Å². The summed E-state index contributed by atoms with van der Waals surface area (Å²) < 4.78 is 44.2. The van der Waals surface area contributed by atoms with E-state index in [0.29, 0.717) is 19.3 Å². The molecular weight excluding hydrogens is 279 g/mol. The Morgan fingerprint density at radius 1 is 1.19 bits per heavy atom. The van der Waals surface area contributed by atoms with Crippen molar-refractivity contribution >= 4 is 0 Å². The number of rotatable bonds is 4. The van der Waals surface area contributed by atoms with Gasteiger partial charge < -0.3 is 10.1 Å². The Bertz CT molecular complexity index is 491. The molecule has 0 spiro atoms. The fourth-order valence-electron chi connectivity index (χ4n) is 2.98. The van der Waals surface area contributed by atoms with Gasteiger partial charge in [0.1, 0.15) is 0 Å². The first kappa shape index (κ1) is 14.9. The van der Waals surface area contributed by atoms with Gasteiger partial charge in [0, 0.05) is 31.2 Å². The third-order valence-electron chi connectivity index (χ3n) is 4.56. The summed E-state index contributed by atoms with van der Waals surface area (Å²) in [5.41, 5.74) is -0.00619. The minimum absolute atomic E-state index is 0.234. The van der Waals surface area contributed by atoms with Crippen LogP contribution in [0.15, 0.2) is 24.3 Å². The summed E-state index contributed by atoms with van der Waals surface area (Å²) in [5.74, 6) is 0. The van der Waals surface area contributed by atoms with Crippen molar-refractivity contribution in [2.75, 3.05) is 19.8 Å². The number of halogens is 3. The molecule has 1 aromatic carbocycles. The summed E-state index contributed by atoms with van der Waals surface area (Å²) in [5, 5.41) is 3.49. The summed E-state index contributed by atoms with van der Waals surface area (Å²) in [6.07, 6.45) is -0.390. The topological polar surface area (TPSA) is 21.3 Å². The number of benzene rings is 1. The molecule has 1 aliphatic heterocycles. The normalized spacial score (nSPS) is 22.2. The standard InChI is InChI=1S/C16H20F3NO/c17-16(18,19)13-3-1-2-12(10-13)15(6-8-21-9-7-15)11-20-14-4-5-14/h1-3,10,14,20H,4-9,11H2. The lowest BCUT2D eigenvalue weighted by Crippen LogP contribution is -2.43. The van der Waals surface area contributed by atoms with Gasteiger partial charge in [0.05, 0.1) is 5.56 Å². The zero-order valence-corrected chi connectivity index (χ0v) is 11.9. The molecule has 0 amide bonds. The van der Waals surface area contributed by atoms with E-state index < -0.39 is 11.7 Å². The van der Waals surface area contributed by atoms with E-state index in [1.807, 2.05) is 6.07 Å². The van der Waals surface area contributed by atoms with Gasteiger partial charge in [-0.25, -0.2) is 0 Å². The second-order valence-electron chi connectivity index (χ2n) is 6.13. The molecule has 3 rings (SSSR count). The van der Waals surface area contributed by atoms with Crippen molar-refractivity contribution in [2.24, 2.45) is 0 Å². The van der Waals surface area contributed by atoms with E-state index in [2.05, 4.69) is 5.32 Å². The first-order valence-corrected chi connectivity index (χ1v) is 7.49. The fraction of sp³-hybridized carbons (Fsp3) is 0.625. The van der Waals surface area contributed by atoms with Crippen LogP contribution in [0.3, 0.4) is 0 Å². The maximum Gasteiger partial charge on any atom is 0.416 e. The van der Waals surface area contributed by atoms with Crippen LogP contribution < -0.4 is 5.32 Å². The summed E-state index contributed by atoms with van der Waals surface area (Å²) in [6, 6.07) is 6.36. The number of alkyl halides is 3. The molecule has 2 aliphatic rings. The van der Waals surface area contributed by atoms with Gasteiger partial charge in [-0.05, 0) is 37.3 Å². The van der Waals surface area contributed by atoms with E-state index in [4.69, 9.17) is 4.74 Å². The quantitative estimate of drug-likeness (QED) is 0.918. The van der Waals surface area contributed by atoms with E-state index in [0.717, 1.165) is 31.0 Å². The zero-order chi connectivity index (χ0) is 14.9. The lowest BCUT2D eigenvalue weighted by atomic mass is 9.73. The van der Waals surface area contributed by atoms with Gasteiger partial charge in [-0.1, -0.05) is 18.2 Å².